The lowest BCUT2D eigenvalue weighted by atomic mass is 10.2. The molecule has 0 radical (unpaired) electrons. The van der Waals surface area contributed by atoms with Crippen molar-refractivity contribution < 1.29 is 14.3 Å². The van der Waals surface area contributed by atoms with Gasteiger partial charge in [-0.1, -0.05) is 18.2 Å². The number of nitrogens with one attached hydrogen (secondary N) is 1. The Labute approximate surface area is 184 Å². The van der Waals surface area contributed by atoms with Crippen molar-refractivity contribution in [1.82, 2.24) is 9.55 Å². The molecule has 0 fully saturated rings. The largest absolute Gasteiger partial charge is 0.449 e. The van der Waals surface area contributed by atoms with E-state index in [0.29, 0.717) is 22.3 Å². The van der Waals surface area contributed by atoms with Crippen LogP contribution in [0.1, 0.15) is 28.7 Å². The number of nitrogens with zero attached hydrogens (tertiary/aromatic N) is 3. The van der Waals surface area contributed by atoms with Crippen molar-refractivity contribution in [2.75, 3.05) is 5.32 Å². The number of aryl methyl sites for hydroxylation is 1. The summed E-state index contributed by atoms with van der Waals surface area (Å²) in [5.41, 5.74) is 3.83. The predicted molar refractivity (Wildman–Crippen MR) is 120 cm³/mol. The van der Waals surface area contributed by atoms with E-state index in [0.717, 1.165) is 17.0 Å². The number of rotatable bonds is 5. The molecule has 1 aromatic heterocycles. The average Bonchev–Trinajstić information content (AvgIpc) is 3.14. The molecule has 32 heavy (non-hydrogen) atoms. The second kappa shape index (κ2) is 8.74. The molecular weight excluding hydrogens is 404 g/mol. The van der Waals surface area contributed by atoms with Crippen LogP contribution < -0.4 is 5.32 Å². The molecule has 0 bridgehead atoms. The fraction of sp³-hybridized carbons (Fsp3) is 0.120. The van der Waals surface area contributed by atoms with Gasteiger partial charge in [-0.2, -0.15) is 5.26 Å². The van der Waals surface area contributed by atoms with Crippen LogP contribution >= 0.6 is 0 Å². The van der Waals surface area contributed by atoms with Gasteiger partial charge in [0.2, 0.25) is 0 Å². The quantitative estimate of drug-likeness (QED) is 0.479. The first kappa shape index (κ1) is 20.8. The Morgan fingerprint density at radius 3 is 2.47 bits per heavy atom. The minimum atomic E-state index is -1.00. The number of fused-ring (bicyclic) bond motifs is 1. The highest BCUT2D eigenvalue weighted by Gasteiger charge is 2.20. The molecule has 0 saturated heterocycles. The first-order valence-electron chi connectivity index (χ1n) is 10.0. The van der Waals surface area contributed by atoms with Crippen LogP contribution in [-0.4, -0.2) is 27.5 Å². The van der Waals surface area contributed by atoms with E-state index in [1.165, 1.54) is 6.92 Å². The summed E-state index contributed by atoms with van der Waals surface area (Å²) in [6.07, 6.45) is -1.00. The highest BCUT2D eigenvalue weighted by molar-refractivity contribution is 5.98. The Balaban J connectivity index is 1.48. The molecule has 1 heterocycles. The highest BCUT2D eigenvalue weighted by Crippen LogP contribution is 2.23. The summed E-state index contributed by atoms with van der Waals surface area (Å²) in [5.74, 6) is -0.276. The maximum absolute atomic E-state index is 12.6. The number of esters is 1. The lowest BCUT2D eigenvalue weighted by Crippen LogP contribution is -2.30. The third-order valence-electron chi connectivity index (χ3n) is 5.01. The summed E-state index contributed by atoms with van der Waals surface area (Å²) in [6.45, 7) is 3.41. The topological polar surface area (TPSA) is 97.0 Å². The third kappa shape index (κ3) is 4.20. The summed E-state index contributed by atoms with van der Waals surface area (Å²) >= 11 is 0. The van der Waals surface area contributed by atoms with Gasteiger partial charge in [-0.05, 0) is 68.4 Å². The SMILES string of the molecule is Cc1nc2cc(C(=O)OC(C)C(=O)Nc3ccc(C#N)cc3)ccc2n1-c1ccccc1. The van der Waals surface area contributed by atoms with Crippen molar-refractivity contribution in [3.8, 4) is 11.8 Å². The molecule has 4 rings (SSSR count). The molecule has 1 amide bonds. The fourth-order valence-electron chi connectivity index (χ4n) is 3.38. The van der Waals surface area contributed by atoms with Crippen molar-refractivity contribution in [2.24, 2.45) is 0 Å². The molecule has 0 spiro atoms. The Morgan fingerprint density at radius 2 is 1.78 bits per heavy atom. The van der Waals surface area contributed by atoms with Gasteiger partial charge in [0.1, 0.15) is 5.82 Å². The van der Waals surface area contributed by atoms with Crippen molar-refractivity contribution >= 4 is 28.6 Å². The number of benzene rings is 3. The molecule has 3 aromatic carbocycles. The van der Waals surface area contributed by atoms with Crippen LogP contribution in [0.4, 0.5) is 5.69 Å². The number of amides is 1. The van der Waals surface area contributed by atoms with Gasteiger partial charge in [0.15, 0.2) is 6.10 Å². The minimum Gasteiger partial charge on any atom is -0.449 e. The van der Waals surface area contributed by atoms with Gasteiger partial charge in [-0.15, -0.1) is 0 Å². The summed E-state index contributed by atoms with van der Waals surface area (Å²) in [6, 6.07) is 23.4. The number of anilines is 1. The molecule has 1 N–H and O–H groups in total. The van der Waals surface area contributed by atoms with Crippen LogP contribution in [-0.2, 0) is 9.53 Å². The van der Waals surface area contributed by atoms with Crippen LogP contribution in [0.3, 0.4) is 0 Å². The Morgan fingerprint density at radius 1 is 1.06 bits per heavy atom. The van der Waals surface area contributed by atoms with E-state index in [-0.39, 0.29) is 0 Å². The lowest BCUT2D eigenvalue weighted by Gasteiger charge is -2.13. The highest BCUT2D eigenvalue weighted by atomic mass is 16.5. The van der Waals surface area contributed by atoms with E-state index in [2.05, 4.69) is 10.3 Å². The van der Waals surface area contributed by atoms with Gasteiger partial charge in [-0.3, -0.25) is 9.36 Å². The summed E-state index contributed by atoms with van der Waals surface area (Å²) < 4.78 is 7.36. The molecule has 4 aromatic rings. The van der Waals surface area contributed by atoms with Gasteiger partial charge >= 0.3 is 5.97 Å². The Bertz CT molecular complexity index is 1340. The molecule has 7 heteroatoms. The molecule has 158 valence electrons. The third-order valence-corrected chi connectivity index (χ3v) is 5.01. The number of hydrogen-bond donors (Lipinski definition) is 1. The van der Waals surface area contributed by atoms with Gasteiger partial charge in [0.05, 0.1) is 28.2 Å². The van der Waals surface area contributed by atoms with Gasteiger partial charge in [0, 0.05) is 11.4 Å². The minimum absolute atomic E-state index is 0.313. The number of imidazole rings is 1. The normalized spacial score (nSPS) is 11.5. The van der Waals surface area contributed by atoms with Crippen LogP contribution in [0.15, 0.2) is 72.8 Å². The number of carbonyl (C=O) groups is 2. The molecule has 0 aliphatic heterocycles. The molecular formula is C25H20N4O3. The molecule has 0 aliphatic carbocycles. The van der Waals surface area contributed by atoms with Gasteiger partial charge in [0.25, 0.3) is 5.91 Å². The van der Waals surface area contributed by atoms with E-state index in [1.807, 2.05) is 54.0 Å². The number of ether oxygens (including phenoxy) is 1. The van der Waals surface area contributed by atoms with Crippen molar-refractivity contribution in [3.63, 3.8) is 0 Å². The summed E-state index contributed by atoms with van der Waals surface area (Å²) in [5, 5.41) is 11.5. The summed E-state index contributed by atoms with van der Waals surface area (Å²) in [7, 11) is 0. The number of hydrogen-bond acceptors (Lipinski definition) is 5. The number of aromatic nitrogens is 2. The smallest absolute Gasteiger partial charge is 0.338 e. The maximum atomic E-state index is 12.6. The van der Waals surface area contributed by atoms with Crippen LogP contribution in [0.2, 0.25) is 0 Å². The summed E-state index contributed by atoms with van der Waals surface area (Å²) in [4.78, 5) is 29.6. The fourth-order valence-corrected chi connectivity index (χ4v) is 3.38. The van der Waals surface area contributed by atoms with E-state index >= 15 is 0 Å². The van der Waals surface area contributed by atoms with Crippen molar-refractivity contribution in [2.45, 2.75) is 20.0 Å². The molecule has 1 atom stereocenters. The second-order valence-electron chi connectivity index (χ2n) is 7.26. The zero-order chi connectivity index (χ0) is 22.7. The molecule has 1 unspecified atom stereocenters. The van der Waals surface area contributed by atoms with Crippen molar-refractivity contribution in [1.29, 1.82) is 5.26 Å². The molecule has 0 aliphatic rings. The molecule has 0 saturated carbocycles. The van der Waals surface area contributed by atoms with Crippen LogP contribution in [0.5, 0.6) is 0 Å². The van der Waals surface area contributed by atoms with Gasteiger partial charge in [-0.25, -0.2) is 9.78 Å². The monoisotopic (exact) mass is 424 g/mol. The average molecular weight is 424 g/mol. The first-order chi connectivity index (χ1) is 15.5. The van der Waals surface area contributed by atoms with Crippen LogP contribution in [0.25, 0.3) is 16.7 Å². The predicted octanol–water partition coefficient (Wildman–Crippen LogP) is 4.39. The standard InChI is InChI=1S/C25H20N4O3/c1-16(24(30)28-20-11-8-18(15-26)9-12-20)32-25(31)19-10-13-23-22(14-19)27-17(2)29(23)21-6-4-3-5-7-21/h3-14,16H,1-2H3,(H,28,30). The zero-order valence-corrected chi connectivity index (χ0v) is 17.6. The number of para-hydroxylation sites is 1. The molecule has 7 nitrogen and oxygen atoms in total. The van der Waals surface area contributed by atoms with E-state index in [1.54, 1.807) is 36.4 Å². The second-order valence-corrected chi connectivity index (χ2v) is 7.26. The maximum Gasteiger partial charge on any atom is 0.338 e. The Hall–Kier alpha value is -4.44. The number of carbonyl (C=O) groups excluding carboxylic acids is 2. The van der Waals surface area contributed by atoms with Crippen LogP contribution in [0, 0.1) is 18.3 Å². The lowest BCUT2D eigenvalue weighted by molar-refractivity contribution is -0.123. The van der Waals surface area contributed by atoms with E-state index < -0.39 is 18.0 Å². The number of nitriles is 1. The van der Waals surface area contributed by atoms with E-state index in [9.17, 15) is 9.59 Å². The van der Waals surface area contributed by atoms with E-state index in [4.69, 9.17) is 10.00 Å². The van der Waals surface area contributed by atoms with Crippen molar-refractivity contribution in [3.05, 3.63) is 89.7 Å². The zero-order valence-electron chi connectivity index (χ0n) is 17.6. The van der Waals surface area contributed by atoms with Gasteiger partial charge < -0.3 is 10.1 Å². The first-order valence-corrected chi connectivity index (χ1v) is 10.0. The Kier molecular flexibility index (Phi) is 5.69.